The van der Waals surface area contributed by atoms with E-state index in [1.165, 1.54) is 81.8 Å². The van der Waals surface area contributed by atoms with E-state index in [-0.39, 0.29) is 0 Å². The van der Waals surface area contributed by atoms with Gasteiger partial charge in [0.15, 0.2) is 5.82 Å². The summed E-state index contributed by atoms with van der Waals surface area (Å²) in [6.07, 6.45) is 22.0. The lowest BCUT2D eigenvalue weighted by Crippen LogP contribution is -2.15. The monoisotopic (exact) mass is 392 g/mol. The lowest BCUT2D eigenvalue weighted by molar-refractivity contribution is 0.248. The van der Waals surface area contributed by atoms with Crippen LogP contribution in [0.4, 0.5) is 0 Å². The minimum Gasteiger partial charge on any atom is -0.236 e. The maximum Gasteiger partial charge on any atom is 0.159 e. The summed E-state index contributed by atoms with van der Waals surface area (Å²) < 4.78 is 0. The second-order valence-corrected chi connectivity index (χ2v) is 9.09. The van der Waals surface area contributed by atoms with Crippen molar-refractivity contribution in [2.24, 2.45) is 11.8 Å². The van der Waals surface area contributed by atoms with Gasteiger partial charge in [-0.1, -0.05) is 102 Å². The topological polar surface area (TPSA) is 25.8 Å². The quantitative estimate of drug-likeness (QED) is 0.364. The summed E-state index contributed by atoms with van der Waals surface area (Å²) in [4.78, 5) is 9.25. The van der Waals surface area contributed by atoms with Gasteiger partial charge < -0.3 is 0 Å². The number of benzene rings is 1. The number of unbranched alkanes of at least 4 members (excludes halogenated alkanes) is 4. The molecule has 1 aromatic carbocycles. The van der Waals surface area contributed by atoms with Gasteiger partial charge in [0.2, 0.25) is 0 Å². The molecule has 1 aliphatic carbocycles. The van der Waals surface area contributed by atoms with Crippen LogP contribution < -0.4 is 0 Å². The summed E-state index contributed by atoms with van der Waals surface area (Å²) in [5.74, 6) is 2.76. The van der Waals surface area contributed by atoms with Gasteiger partial charge in [-0.05, 0) is 42.2 Å². The maximum absolute atomic E-state index is 4.62. The average Bonchev–Trinajstić information content (AvgIpc) is 2.79. The highest BCUT2D eigenvalue weighted by Gasteiger charge is 2.20. The van der Waals surface area contributed by atoms with Crippen LogP contribution in [0.3, 0.4) is 0 Å². The third-order valence-corrected chi connectivity index (χ3v) is 6.85. The molecule has 0 amide bonds. The van der Waals surface area contributed by atoms with Crippen molar-refractivity contribution in [1.29, 1.82) is 0 Å². The molecule has 0 saturated heterocycles. The molecular weight excluding hydrogens is 352 g/mol. The number of nitrogens with zero attached hydrogens (tertiary/aromatic N) is 2. The van der Waals surface area contributed by atoms with Crippen LogP contribution in [0.2, 0.25) is 0 Å². The van der Waals surface area contributed by atoms with Crippen molar-refractivity contribution in [3.63, 3.8) is 0 Å². The zero-order valence-corrected chi connectivity index (χ0v) is 18.7. The van der Waals surface area contributed by atoms with Crippen molar-refractivity contribution in [1.82, 2.24) is 9.97 Å². The standard InChI is InChI=1S/C27H40N2/c1-3-5-6-7-8-9-23-10-12-24(13-11-23)14-15-25-20-28-27(29-21-25)26-18-16-22(4-2)17-19-26/h16-21,23-24H,3-15H2,1-2H3. The molecule has 1 saturated carbocycles. The Morgan fingerprint density at radius 3 is 1.97 bits per heavy atom. The molecule has 1 aromatic heterocycles. The SMILES string of the molecule is CCCCCCCC1CCC(CCc2cnc(-c3ccc(CC)cc3)nc2)CC1. The van der Waals surface area contributed by atoms with E-state index in [4.69, 9.17) is 0 Å². The zero-order valence-electron chi connectivity index (χ0n) is 18.7. The molecule has 0 spiro atoms. The number of aromatic nitrogens is 2. The van der Waals surface area contributed by atoms with E-state index in [9.17, 15) is 0 Å². The maximum atomic E-state index is 4.62. The Morgan fingerprint density at radius 2 is 1.34 bits per heavy atom. The number of rotatable bonds is 11. The minimum absolute atomic E-state index is 0.843. The van der Waals surface area contributed by atoms with E-state index < -0.39 is 0 Å². The van der Waals surface area contributed by atoms with Crippen LogP contribution in [0.25, 0.3) is 11.4 Å². The molecule has 1 heterocycles. The Kier molecular flexibility index (Phi) is 9.18. The molecule has 0 N–H and O–H groups in total. The van der Waals surface area contributed by atoms with Gasteiger partial charge in [-0.3, -0.25) is 0 Å². The highest BCUT2D eigenvalue weighted by molar-refractivity contribution is 5.55. The predicted octanol–water partition coefficient (Wildman–Crippen LogP) is 7.81. The number of aryl methyl sites for hydroxylation is 2. The van der Waals surface area contributed by atoms with Crippen molar-refractivity contribution in [3.8, 4) is 11.4 Å². The van der Waals surface area contributed by atoms with Gasteiger partial charge >= 0.3 is 0 Å². The molecule has 2 heteroatoms. The van der Waals surface area contributed by atoms with Gasteiger partial charge in [-0.25, -0.2) is 9.97 Å². The third kappa shape index (κ3) is 7.24. The summed E-state index contributed by atoms with van der Waals surface area (Å²) in [7, 11) is 0. The largest absolute Gasteiger partial charge is 0.236 e. The van der Waals surface area contributed by atoms with Gasteiger partial charge in [0.25, 0.3) is 0 Å². The van der Waals surface area contributed by atoms with Gasteiger partial charge in [0.1, 0.15) is 0 Å². The molecule has 2 aromatic rings. The first-order valence-electron chi connectivity index (χ1n) is 12.2. The second-order valence-electron chi connectivity index (χ2n) is 9.09. The van der Waals surface area contributed by atoms with Gasteiger partial charge in [0.05, 0.1) is 0 Å². The third-order valence-electron chi connectivity index (χ3n) is 6.85. The molecule has 3 rings (SSSR count). The first-order chi connectivity index (χ1) is 14.3. The van der Waals surface area contributed by atoms with Crippen LogP contribution >= 0.6 is 0 Å². The summed E-state index contributed by atoms with van der Waals surface area (Å²) >= 11 is 0. The molecular formula is C27H40N2. The van der Waals surface area contributed by atoms with Crippen molar-refractivity contribution < 1.29 is 0 Å². The Morgan fingerprint density at radius 1 is 0.724 bits per heavy atom. The van der Waals surface area contributed by atoms with Gasteiger partial charge in [-0.2, -0.15) is 0 Å². The van der Waals surface area contributed by atoms with Crippen LogP contribution in [0.15, 0.2) is 36.7 Å². The highest BCUT2D eigenvalue weighted by Crippen LogP contribution is 2.34. The molecule has 1 aliphatic rings. The number of hydrogen-bond donors (Lipinski definition) is 0. The molecule has 158 valence electrons. The molecule has 1 fully saturated rings. The molecule has 0 unspecified atom stereocenters. The van der Waals surface area contributed by atoms with E-state index in [1.807, 2.05) is 12.4 Å². The van der Waals surface area contributed by atoms with E-state index in [2.05, 4.69) is 48.1 Å². The molecule has 0 atom stereocenters. The zero-order chi connectivity index (χ0) is 20.3. The minimum atomic E-state index is 0.843. The van der Waals surface area contributed by atoms with Crippen LogP contribution in [0, 0.1) is 11.8 Å². The fourth-order valence-electron chi connectivity index (χ4n) is 4.74. The molecule has 0 bridgehead atoms. The Bertz CT molecular complexity index is 681. The summed E-state index contributed by atoms with van der Waals surface area (Å²) in [6.45, 7) is 4.48. The van der Waals surface area contributed by atoms with E-state index in [1.54, 1.807) is 0 Å². The van der Waals surface area contributed by atoms with Gasteiger partial charge in [-0.15, -0.1) is 0 Å². The van der Waals surface area contributed by atoms with Crippen molar-refractivity contribution >= 4 is 0 Å². The molecule has 29 heavy (non-hydrogen) atoms. The summed E-state index contributed by atoms with van der Waals surface area (Å²) in [6, 6.07) is 8.62. The highest BCUT2D eigenvalue weighted by atomic mass is 14.9. The van der Waals surface area contributed by atoms with Crippen LogP contribution in [0.1, 0.15) is 95.6 Å². The predicted molar refractivity (Wildman–Crippen MR) is 124 cm³/mol. The normalized spacial score (nSPS) is 19.4. The summed E-state index contributed by atoms with van der Waals surface area (Å²) in [5.41, 5.74) is 3.76. The van der Waals surface area contributed by atoms with Crippen molar-refractivity contribution in [3.05, 3.63) is 47.8 Å². The average molecular weight is 393 g/mol. The van der Waals surface area contributed by atoms with Crippen molar-refractivity contribution in [2.75, 3.05) is 0 Å². The van der Waals surface area contributed by atoms with E-state index >= 15 is 0 Å². The molecule has 0 aliphatic heterocycles. The molecule has 0 radical (unpaired) electrons. The second kappa shape index (κ2) is 12.1. The Labute approximate surface area is 178 Å². The fraction of sp³-hybridized carbons (Fsp3) is 0.630. The lowest BCUT2D eigenvalue weighted by atomic mass is 9.78. The summed E-state index contributed by atoms with van der Waals surface area (Å²) in [5, 5.41) is 0. The smallest absolute Gasteiger partial charge is 0.159 e. The van der Waals surface area contributed by atoms with Gasteiger partial charge in [0, 0.05) is 18.0 Å². The van der Waals surface area contributed by atoms with E-state index in [0.717, 1.165) is 36.1 Å². The van der Waals surface area contributed by atoms with Crippen molar-refractivity contribution in [2.45, 2.75) is 97.3 Å². The number of hydrogen-bond acceptors (Lipinski definition) is 2. The van der Waals surface area contributed by atoms with E-state index in [0.29, 0.717) is 0 Å². The molecule has 2 nitrogen and oxygen atoms in total. The fourth-order valence-corrected chi connectivity index (χ4v) is 4.74. The lowest BCUT2D eigenvalue weighted by Gasteiger charge is -2.28. The Balaban J connectivity index is 1.36. The van der Waals surface area contributed by atoms with Crippen LogP contribution in [-0.2, 0) is 12.8 Å². The first-order valence-corrected chi connectivity index (χ1v) is 12.2. The first kappa shape index (κ1) is 22.0. The Hall–Kier alpha value is -1.70. The van der Waals surface area contributed by atoms with Crippen LogP contribution in [-0.4, -0.2) is 9.97 Å². The van der Waals surface area contributed by atoms with Crippen LogP contribution in [0.5, 0.6) is 0 Å².